The Kier molecular flexibility index (Phi) is 6.39. The number of amides is 2. The van der Waals surface area contributed by atoms with Gasteiger partial charge >= 0.3 is 6.36 Å². The second-order valence-corrected chi connectivity index (χ2v) is 7.82. The Balaban J connectivity index is 1.56. The van der Waals surface area contributed by atoms with Gasteiger partial charge in [0.2, 0.25) is 0 Å². The molecule has 2 aromatic carbocycles. The van der Waals surface area contributed by atoms with E-state index in [0.717, 1.165) is 18.2 Å². The summed E-state index contributed by atoms with van der Waals surface area (Å²) in [5.41, 5.74) is 1.87. The van der Waals surface area contributed by atoms with Crippen molar-refractivity contribution < 1.29 is 31.9 Å². The Labute approximate surface area is 201 Å². The van der Waals surface area contributed by atoms with Crippen molar-refractivity contribution >= 4 is 22.7 Å². The molecule has 0 saturated carbocycles. The summed E-state index contributed by atoms with van der Waals surface area (Å²) in [6.45, 7) is 1.25. The molecule has 0 atom stereocenters. The molecule has 0 fully saturated rings. The number of aromatic nitrogens is 4. The highest BCUT2D eigenvalue weighted by Gasteiger charge is 2.31. The van der Waals surface area contributed by atoms with Crippen LogP contribution in [0.5, 0.6) is 5.75 Å². The highest BCUT2D eigenvalue weighted by atomic mass is 19.4. The molecule has 188 valence electrons. The number of nitrogens with one attached hydrogen (secondary N) is 3. The van der Waals surface area contributed by atoms with E-state index in [1.807, 2.05) is 0 Å². The van der Waals surface area contributed by atoms with Gasteiger partial charge in [-0.1, -0.05) is 6.07 Å². The van der Waals surface area contributed by atoms with Gasteiger partial charge in [-0.15, -0.1) is 13.2 Å². The number of nitrogens with zero attached hydrogens (tertiary/aromatic N) is 3. The van der Waals surface area contributed by atoms with E-state index in [4.69, 9.17) is 0 Å². The molecule has 4 aromatic rings. The third kappa shape index (κ3) is 4.85. The van der Waals surface area contributed by atoms with Crippen LogP contribution in [-0.2, 0) is 13.6 Å². The molecular formula is C23H20F4N6O3. The van der Waals surface area contributed by atoms with Crippen molar-refractivity contribution in [1.29, 1.82) is 0 Å². The predicted octanol–water partition coefficient (Wildman–Crippen LogP) is 3.60. The fourth-order valence-corrected chi connectivity index (χ4v) is 3.80. The molecule has 0 radical (unpaired) electrons. The van der Waals surface area contributed by atoms with Crippen LogP contribution in [0.3, 0.4) is 0 Å². The van der Waals surface area contributed by atoms with Gasteiger partial charge in [0, 0.05) is 37.2 Å². The lowest BCUT2D eigenvalue weighted by molar-refractivity contribution is -0.274. The number of rotatable bonds is 6. The van der Waals surface area contributed by atoms with E-state index in [2.05, 4.69) is 30.6 Å². The maximum atomic E-state index is 14.1. The number of benzene rings is 2. The quantitative estimate of drug-likeness (QED) is 0.347. The number of halogens is 4. The Morgan fingerprint density at radius 3 is 2.58 bits per heavy atom. The van der Waals surface area contributed by atoms with Crippen molar-refractivity contribution in [3.63, 3.8) is 0 Å². The molecule has 2 aromatic heterocycles. The average Bonchev–Trinajstić information content (AvgIpc) is 3.37. The van der Waals surface area contributed by atoms with Crippen LogP contribution in [0.25, 0.3) is 22.3 Å². The fourth-order valence-electron chi connectivity index (χ4n) is 3.80. The summed E-state index contributed by atoms with van der Waals surface area (Å²) < 4.78 is 56.8. The first kappa shape index (κ1) is 24.7. The minimum atomic E-state index is -4.93. The van der Waals surface area contributed by atoms with Gasteiger partial charge in [0.1, 0.15) is 23.1 Å². The summed E-state index contributed by atoms with van der Waals surface area (Å²) >= 11 is 0. The lowest BCUT2D eigenvalue weighted by Gasteiger charge is -2.12. The topological polar surface area (TPSA) is 114 Å². The molecule has 0 saturated heterocycles. The Morgan fingerprint density at radius 2 is 1.89 bits per heavy atom. The van der Waals surface area contributed by atoms with E-state index in [0.29, 0.717) is 28.0 Å². The third-order valence-electron chi connectivity index (χ3n) is 5.44. The summed E-state index contributed by atoms with van der Waals surface area (Å²) in [6.07, 6.45) is -4.93. The molecule has 0 aliphatic heterocycles. The van der Waals surface area contributed by atoms with Crippen molar-refractivity contribution in [3.05, 3.63) is 64.9 Å². The van der Waals surface area contributed by atoms with Crippen molar-refractivity contribution in [3.8, 4) is 17.1 Å². The van der Waals surface area contributed by atoms with Gasteiger partial charge in [0.05, 0.1) is 11.2 Å². The maximum absolute atomic E-state index is 14.1. The summed E-state index contributed by atoms with van der Waals surface area (Å²) in [6, 6.07) is 7.73. The van der Waals surface area contributed by atoms with Crippen LogP contribution >= 0.6 is 0 Å². The van der Waals surface area contributed by atoms with E-state index in [1.165, 1.54) is 7.05 Å². The largest absolute Gasteiger partial charge is 0.573 e. The Morgan fingerprint density at radius 1 is 1.14 bits per heavy atom. The normalized spacial score (nSPS) is 11.5. The van der Waals surface area contributed by atoms with E-state index in [9.17, 15) is 27.2 Å². The van der Waals surface area contributed by atoms with E-state index < -0.39 is 23.8 Å². The second-order valence-electron chi connectivity index (χ2n) is 7.82. The number of aryl methyl sites for hydroxylation is 1. The minimum absolute atomic E-state index is 0.179. The molecule has 3 N–H and O–H groups in total. The average molecular weight is 504 g/mol. The standard InChI is InChI=1S/C23H20F4N6O3/c1-11-19(22(35)29-10-13-8-14(5-7-16(13)24)36-23(25,26)27)33(3)20(30-11)12-4-6-15-17(9-12)31-32-18(15)21(34)28-2/h4-9H,10H2,1-3H3,(H,28,34)(H,29,35)(H,31,32). The van der Waals surface area contributed by atoms with Gasteiger partial charge in [-0.2, -0.15) is 5.10 Å². The first-order valence-electron chi connectivity index (χ1n) is 10.5. The van der Waals surface area contributed by atoms with Crippen molar-refractivity contribution in [1.82, 2.24) is 30.4 Å². The monoisotopic (exact) mass is 504 g/mol. The summed E-state index contributed by atoms with van der Waals surface area (Å²) in [5, 5.41) is 12.5. The molecule has 4 rings (SSSR count). The molecule has 0 bridgehead atoms. The fraction of sp³-hybridized carbons (Fsp3) is 0.217. The highest BCUT2D eigenvalue weighted by Crippen LogP contribution is 2.27. The van der Waals surface area contributed by atoms with Crippen molar-refractivity contribution in [2.75, 3.05) is 7.05 Å². The summed E-state index contributed by atoms with van der Waals surface area (Å²) in [5.74, 6) is -1.88. The van der Waals surface area contributed by atoms with Crippen LogP contribution in [0.15, 0.2) is 36.4 Å². The zero-order valence-electron chi connectivity index (χ0n) is 19.2. The molecule has 9 nitrogen and oxygen atoms in total. The summed E-state index contributed by atoms with van der Waals surface area (Å²) in [7, 11) is 3.12. The number of ether oxygens (including phenoxy) is 1. The van der Waals surface area contributed by atoms with Crippen LogP contribution in [0.2, 0.25) is 0 Å². The lowest BCUT2D eigenvalue weighted by Crippen LogP contribution is -2.26. The van der Waals surface area contributed by atoms with Crippen LogP contribution in [0, 0.1) is 12.7 Å². The molecule has 0 aliphatic carbocycles. The highest BCUT2D eigenvalue weighted by molar-refractivity contribution is 6.05. The Bertz CT molecular complexity index is 1470. The predicted molar refractivity (Wildman–Crippen MR) is 121 cm³/mol. The molecule has 2 amide bonds. The van der Waals surface area contributed by atoms with Gasteiger partial charge in [-0.05, 0) is 37.3 Å². The van der Waals surface area contributed by atoms with Gasteiger partial charge in [0.25, 0.3) is 11.8 Å². The molecule has 0 spiro atoms. The number of imidazole rings is 1. The van der Waals surface area contributed by atoms with E-state index in [1.54, 1.807) is 36.7 Å². The third-order valence-corrected chi connectivity index (χ3v) is 5.44. The smallest absolute Gasteiger partial charge is 0.406 e. The number of hydrogen-bond donors (Lipinski definition) is 3. The Hall–Kier alpha value is -4.42. The first-order chi connectivity index (χ1) is 17.0. The summed E-state index contributed by atoms with van der Waals surface area (Å²) in [4.78, 5) is 29.3. The molecule has 0 unspecified atom stereocenters. The number of fused-ring (bicyclic) bond motifs is 1. The minimum Gasteiger partial charge on any atom is -0.406 e. The van der Waals surface area contributed by atoms with E-state index >= 15 is 0 Å². The number of carbonyl (C=O) groups is 2. The SMILES string of the molecule is CNC(=O)c1n[nH]c2cc(-c3nc(C)c(C(=O)NCc4cc(OC(F)(F)F)ccc4F)n3C)ccc12. The molecule has 2 heterocycles. The van der Waals surface area contributed by atoms with Gasteiger partial charge < -0.3 is 19.9 Å². The van der Waals surface area contributed by atoms with Gasteiger partial charge in [-0.3, -0.25) is 14.7 Å². The van der Waals surface area contributed by atoms with Gasteiger partial charge in [0.15, 0.2) is 5.69 Å². The van der Waals surface area contributed by atoms with Crippen LogP contribution in [-0.4, -0.2) is 45.0 Å². The van der Waals surface area contributed by atoms with Crippen LogP contribution < -0.4 is 15.4 Å². The number of alkyl halides is 3. The lowest BCUT2D eigenvalue weighted by atomic mass is 10.1. The number of aromatic amines is 1. The zero-order valence-corrected chi connectivity index (χ0v) is 19.2. The molecule has 0 aliphatic rings. The maximum Gasteiger partial charge on any atom is 0.573 e. The number of H-pyrrole nitrogens is 1. The van der Waals surface area contributed by atoms with Crippen LogP contribution in [0.1, 0.15) is 32.2 Å². The van der Waals surface area contributed by atoms with Crippen molar-refractivity contribution in [2.45, 2.75) is 19.8 Å². The van der Waals surface area contributed by atoms with Crippen LogP contribution in [0.4, 0.5) is 17.6 Å². The van der Waals surface area contributed by atoms with Crippen molar-refractivity contribution in [2.24, 2.45) is 7.05 Å². The molecular weight excluding hydrogens is 484 g/mol. The zero-order chi connectivity index (χ0) is 26.2. The van der Waals surface area contributed by atoms with Gasteiger partial charge in [-0.25, -0.2) is 9.37 Å². The number of hydrogen-bond acceptors (Lipinski definition) is 5. The first-order valence-corrected chi connectivity index (χ1v) is 10.5. The number of carbonyl (C=O) groups excluding carboxylic acids is 2. The second kappa shape index (κ2) is 9.32. The molecule has 13 heteroatoms. The molecule has 36 heavy (non-hydrogen) atoms. The van der Waals surface area contributed by atoms with E-state index in [-0.39, 0.29) is 29.4 Å².